The van der Waals surface area contributed by atoms with Crippen molar-refractivity contribution in [3.63, 3.8) is 0 Å². The lowest BCUT2D eigenvalue weighted by Crippen LogP contribution is -2.63. The van der Waals surface area contributed by atoms with Crippen molar-refractivity contribution < 1.29 is 69.3 Å². The van der Waals surface area contributed by atoms with Gasteiger partial charge in [0.15, 0.2) is 11.9 Å². The Hall–Kier alpha value is -0.580. The summed E-state index contributed by atoms with van der Waals surface area (Å²) >= 11 is 0. The maximum atomic E-state index is 12.5. The van der Waals surface area contributed by atoms with Crippen LogP contribution in [0.2, 0.25) is 0 Å². The number of Topliss-reactive ketones (excluding diaryl/α,β-unsaturated/α-hetero) is 1. The Balaban J connectivity index is 3.16. The first-order valence-corrected chi connectivity index (χ1v) is 9.12. The van der Waals surface area contributed by atoms with Crippen LogP contribution in [0.1, 0.15) is 0 Å². The van der Waals surface area contributed by atoms with E-state index >= 15 is 0 Å². The monoisotopic (exact) mass is 422 g/mol. The van der Waals surface area contributed by atoms with Gasteiger partial charge in [-0.15, -0.1) is 0 Å². The average Bonchev–Trinajstić information content (AvgIpc) is 2.61. The lowest BCUT2D eigenvalue weighted by Gasteiger charge is -2.40. The van der Waals surface area contributed by atoms with Crippen LogP contribution in [-0.4, -0.2) is 125 Å². The first kappa shape index (κ1) is 24.5. The molecule has 1 rings (SSSR count). The number of ketones is 1. The van der Waals surface area contributed by atoms with Gasteiger partial charge in [0, 0.05) is 0 Å². The molecule has 0 aromatic heterocycles. The molecule has 0 aliphatic carbocycles. The van der Waals surface area contributed by atoms with Gasteiger partial charge < -0.3 is 55.4 Å². The van der Waals surface area contributed by atoms with E-state index < -0.39 is 81.8 Å². The molecule has 1 unspecified atom stereocenters. The smallest absolute Gasteiger partial charge is 0.394 e. The molecule has 9 atom stereocenters. The zero-order valence-electron chi connectivity index (χ0n) is 13.7. The van der Waals surface area contributed by atoms with Gasteiger partial charge >= 0.3 is 7.82 Å². The summed E-state index contributed by atoms with van der Waals surface area (Å²) in [4.78, 5) is 30.4. The fourth-order valence-corrected chi connectivity index (χ4v) is 2.97. The van der Waals surface area contributed by atoms with E-state index in [1.165, 1.54) is 0 Å². The number of hydrogen-bond acceptors (Lipinski definition) is 12. The van der Waals surface area contributed by atoms with Gasteiger partial charge in [0.05, 0.1) is 13.2 Å². The lowest BCUT2D eigenvalue weighted by atomic mass is 9.89. The maximum absolute atomic E-state index is 12.5. The second-order valence-corrected chi connectivity index (χ2v) is 7.09. The number of carbonyl (C=O) groups is 1. The number of phosphoric ester groups is 1. The van der Waals surface area contributed by atoms with Crippen LogP contribution in [0.4, 0.5) is 0 Å². The van der Waals surface area contributed by atoms with Gasteiger partial charge in [0.1, 0.15) is 48.8 Å². The predicted octanol–water partition coefficient (Wildman–Crippen LogP) is -6.05. The van der Waals surface area contributed by atoms with Crippen LogP contribution in [0.5, 0.6) is 0 Å². The van der Waals surface area contributed by atoms with Gasteiger partial charge in [-0.05, 0) is 0 Å². The highest BCUT2D eigenvalue weighted by Gasteiger charge is 2.51. The van der Waals surface area contributed by atoms with Crippen molar-refractivity contribution in [2.24, 2.45) is 0 Å². The second-order valence-electron chi connectivity index (χ2n) is 5.90. The van der Waals surface area contributed by atoms with Crippen molar-refractivity contribution in [1.29, 1.82) is 0 Å². The molecule has 14 nitrogen and oxygen atoms in total. The summed E-state index contributed by atoms with van der Waals surface area (Å²) in [6.45, 7) is -2.00. The van der Waals surface area contributed by atoms with Crippen molar-refractivity contribution in [1.82, 2.24) is 0 Å². The Bertz CT molecular complexity index is 536. The predicted molar refractivity (Wildman–Crippen MR) is 80.8 cm³/mol. The van der Waals surface area contributed by atoms with Crippen molar-refractivity contribution >= 4 is 13.6 Å². The Morgan fingerprint density at radius 1 is 1.00 bits per heavy atom. The molecule has 1 aliphatic rings. The van der Waals surface area contributed by atoms with E-state index in [0.717, 1.165) is 0 Å². The molecule has 0 aromatic rings. The van der Waals surface area contributed by atoms with Crippen LogP contribution in [0.25, 0.3) is 0 Å². The standard InChI is InChI=1S/C12H23O14P/c13-1-3(15)5(16)8(19)12(26-27(22,23)24)10(21)11-9(20)7(18)6(17)4(2-14)25-11/h3-9,11-20H,1-2H2,(H2,22,23,24)/t3-,4-,5-,6+,7+,8+,9-,11?,12+/m1/s1. The van der Waals surface area contributed by atoms with E-state index in [2.05, 4.69) is 4.52 Å². The molecule has 0 spiro atoms. The van der Waals surface area contributed by atoms with Gasteiger partial charge in [0.2, 0.25) is 0 Å². The van der Waals surface area contributed by atoms with Crippen molar-refractivity contribution in [2.45, 2.75) is 54.9 Å². The first-order valence-electron chi connectivity index (χ1n) is 7.59. The summed E-state index contributed by atoms with van der Waals surface area (Å²) in [5.74, 6) is -1.58. The van der Waals surface area contributed by atoms with Gasteiger partial charge in [-0.25, -0.2) is 4.57 Å². The molecule has 1 fully saturated rings. The Kier molecular flexibility index (Phi) is 8.84. The Labute approximate surface area is 152 Å². The molecule has 15 heteroatoms. The largest absolute Gasteiger partial charge is 0.470 e. The summed E-state index contributed by atoms with van der Waals surface area (Å²) in [7, 11) is -5.46. The summed E-state index contributed by atoms with van der Waals surface area (Å²) in [6, 6.07) is 0. The minimum atomic E-state index is -5.46. The van der Waals surface area contributed by atoms with Crippen LogP contribution < -0.4 is 0 Å². The lowest BCUT2D eigenvalue weighted by molar-refractivity contribution is -0.230. The molecular formula is C12H23O14P. The molecule has 0 bridgehead atoms. The number of hydrogen-bond donors (Lipinski definition) is 10. The number of aliphatic hydroxyl groups excluding tert-OH is 8. The third-order valence-corrected chi connectivity index (χ3v) is 4.45. The van der Waals surface area contributed by atoms with Crippen LogP contribution in [-0.2, 0) is 18.6 Å². The average molecular weight is 422 g/mol. The summed E-state index contributed by atoms with van der Waals surface area (Å²) in [5.41, 5.74) is 0. The normalized spacial score (nSPS) is 33.9. The van der Waals surface area contributed by atoms with Gasteiger partial charge in [-0.1, -0.05) is 0 Å². The van der Waals surface area contributed by atoms with Gasteiger partial charge in [-0.3, -0.25) is 9.32 Å². The SMILES string of the molecule is O=C(C1O[C@H](CO)[C@H](O)[C@H](O)[C@H]1O)[C@@H](OP(=O)(O)O)[C@@H](O)[C@H](O)[C@H](O)CO. The zero-order valence-corrected chi connectivity index (χ0v) is 14.6. The number of aliphatic hydroxyl groups is 8. The van der Waals surface area contributed by atoms with Crippen LogP contribution in [0, 0.1) is 0 Å². The highest BCUT2D eigenvalue weighted by Crippen LogP contribution is 2.40. The quantitative estimate of drug-likeness (QED) is 0.155. The van der Waals surface area contributed by atoms with Crippen LogP contribution in [0.15, 0.2) is 0 Å². The number of phosphoric acid groups is 1. The third-order valence-electron chi connectivity index (χ3n) is 3.95. The topological polar surface area (TPSA) is 255 Å². The fraction of sp³-hybridized carbons (Fsp3) is 0.917. The molecule has 10 N–H and O–H groups in total. The molecule has 0 amide bonds. The van der Waals surface area contributed by atoms with E-state index in [4.69, 9.17) is 24.7 Å². The molecule has 0 radical (unpaired) electrons. The van der Waals surface area contributed by atoms with E-state index in [9.17, 15) is 40.0 Å². The third kappa shape index (κ3) is 5.95. The maximum Gasteiger partial charge on any atom is 0.470 e. The van der Waals surface area contributed by atoms with Crippen molar-refractivity contribution in [2.75, 3.05) is 13.2 Å². The van der Waals surface area contributed by atoms with E-state index in [1.807, 2.05) is 0 Å². The minimum Gasteiger partial charge on any atom is -0.394 e. The van der Waals surface area contributed by atoms with E-state index in [1.54, 1.807) is 0 Å². The second kappa shape index (κ2) is 9.76. The molecular weight excluding hydrogens is 399 g/mol. The molecule has 27 heavy (non-hydrogen) atoms. The molecule has 160 valence electrons. The van der Waals surface area contributed by atoms with Crippen LogP contribution in [0.3, 0.4) is 0 Å². The highest BCUT2D eigenvalue weighted by atomic mass is 31.2. The van der Waals surface area contributed by atoms with Crippen molar-refractivity contribution in [3.8, 4) is 0 Å². The van der Waals surface area contributed by atoms with Gasteiger partial charge in [0.25, 0.3) is 0 Å². The highest BCUT2D eigenvalue weighted by molar-refractivity contribution is 7.46. The molecule has 0 aromatic carbocycles. The zero-order chi connectivity index (χ0) is 21.1. The number of rotatable bonds is 9. The van der Waals surface area contributed by atoms with E-state index in [-0.39, 0.29) is 0 Å². The molecule has 1 saturated heterocycles. The van der Waals surface area contributed by atoms with Gasteiger partial charge in [-0.2, -0.15) is 0 Å². The minimum absolute atomic E-state index is 0.910. The van der Waals surface area contributed by atoms with Crippen LogP contribution >= 0.6 is 7.82 Å². The number of carbonyl (C=O) groups excluding carboxylic acids is 1. The molecule has 0 saturated carbocycles. The summed E-state index contributed by atoms with van der Waals surface area (Å²) < 4.78 is 20.1. The fourth-order valence-electron chi connectivity index (χ4n) is 2.44. The van der Waals surface area contributed by atoms with E-state index in [0.29, 0.717) is 0 Å². The summed E-state index contributed by atoms with van der Waals surface area (Å²) in [5, 5.41) is 76.1. The molecule has 1 heterocycles. The number of ether oxygens (including phenoxy) is 1. The summed E-state index contributed by atoms with van der Waals surface area (Å²) in [6.07, 6.45) is -19.1. The Morgan fingerprint density at radius 2 is 1.56 bits per heavy atom. The first-order chi connectivity index (χ1) is 12.4. The van der Waals surface area contributed by atoms with Crippen molar-refractivity contribution in [3.05, 3.63) is 0 Å². The molecule has 1 aliphatic heterocycles. The Morgan fingerprint density at radius 3 is 2.00 bits per heavy atom.